The molecule has 0 unspecified atom stereocenters. The van der Waals surface area contributed by atoms with E-state index in [1.54, 1.807) is 11.0 Å². The van der Waals surface area contributed by atoms with Gasteiger partial charge in [0, 0.05) is 24.4 Å². The first-order chi connectivity index (χ1) is 8.54. The Hall–Kier alpha value is -2.55. The predicted molar refractivity (Wildman–Crippen MR) is 66.4 cm³/mol. The van der Waals surface area contributed by atoms with Crippen molar-refractivity contribution in [1.29, 1.82) is 0 Å². The van der Waals surface area contributed by atoms with Crippen molar-refractivity contribution < 1.29 is 14.8 Å². The molecule has 0 aliphatic heterocycles. The van der Waals surface area contributed by atoms with Gasteiger partial charge < -0.3 is 10.0 Å². The second-order valence-corrected chi connectivity index (χ2v) is 3.55. The number of hydrogen-bond donors (Lipinski definition) is 1. The second-order valence-electron chi connectivity index (χ2n) is 3.55. The molecule has 1 aromatic carbocycles. The van der Waals surface area contributed by atoms with Crippen molar-refractivity contribution in [2.24, 2.45) is 0 Å². The third-order valence-electron chi connectivity index (χ3n) is 2.28. The summed E-state index contributed by atoms with van der Waals surface area (Å²) in [6, 6.07) is 5.94. The molecule has 0 heterocycles. The predicted octanol–water partition coefficient (Wildman–Crippen LogP) is 1.51. The fraction of sp³-hybridized carbons (Fsp3) is 0.250. The number of hydrogen-bond acceptors (Lipinski definition) is 4. The summed E-state index contributed by atoms with van der Waals surface area (Å²) in [5.74, 6) is 1.46. The number of anilines is 1. The van der Waals surface area contributed by atoms with E-state index >= 15 is 0 Å². The van der Waals surface area contributed by atoms with E-state index < -0.39 is 10.9 Å². The molecule has 94 valence electrons. The Morgan fingerprint density at radius 1 is 1.56 bits per heavy atom. The average Bonchev–Trinajstić information content (AvgIpc) is 2.34. The maximum atomic E-state index is 10.7. The number of non-ortho nitro benzene ring substituents is 1. The lowest BCUT2D eigenvalue weighted by atomic mass is 10.2. The molecule has 0 saturated carbocycles. The average molecular weight is 248 g/mol. The molecule has 18 heavy (non-hydrogen) atoms. The van der Waals surface area contributed by atoms with Gasteiger partial charge in [0.25, 0.3) is 5.69 Å². The van der Waals surface area contributed by atoms with E-state index in [1.807, 2.05) is 0 Å². The summed E-state index contributed by atoms with van der Waals surface area (Å²) in [5, 5.41) is 19.3. The first-order valence-corrected chi connectivity index (χ1v) is 5.19. The number of nitrogens with zero attached hydrogens (tertiary/aromatic N) is 2. The number of benzene rings is 1. The SMILES string of the molecule is C#CCN(CCC(=O)O)c1cccc([N+](=O)[O-])c1. The van der Waals surface area contributed by atoms with Gasteiger partial charge in [-0.3, -0.25) is 14.9 Å². The van der Waals surface area contributed by atoms with Gasteiger partial charge in [-0.1, -0.05) is 12.0 Å². The molecular weight excluding hydrogens is 236 g/mol. The van der Waals surface area contributed by atoms with Gasteiger partial charge in [-0.15, -0.1) is 6.42 Å². The Morgan fingerprint density at radius 2 is 2.28 bits per heavy atom. The first kappa shape index (κ1) is 13.5. The van der Waals surface area contributed by atoms with E-state index in [1.165, 1.54) is 18.2 Å². The van der Waals surface area contributed by atoms with Crippen molar-refractivity contribution >= 4 is 17.3 Å². The highest BCUT2D eigenvalue weighted by atomic mass is 16.6. The van der Waals surface area contributed by atoms with Gasteiger partial charge in [-0.25, -0.2) is 0 Å². The number of nitro groups is 1. The molecule has 6 heteroatoms. The molecule has 1 rings (SSSR count). The third kappa shape index (κ3) is 3.79. The van der Waals surface area contributed by atoms with Crippen molar-refractivity contribution in [2.75, 3.05) is 18.0 Å². The van der Waals surface area contributed by atoms with Crippen LogP contribution in [-0.4, -0.2) is 29.1 Å². The van der Waals surface area contributed by atoms with Crippen molar-refractivity contribution in [2.45, 2.75) is 6.42 Å². The minimum Gasteiger partial charge on any atom is -0.481 e. The number of carbonyl (C=O) groups is 1. The Bertz CT molecular complexity index is 493. The van der Waals surface area contributed by atoms with Crippen LogP contribution >= 0.6 is 0 Å². The molecule has 0 aliphatic carbocycles. The first-order valence-electron chi connectivity index (χ1n) is 5.19. The normalized spacial score (nSPS) is 9.50. The summed E-state index contributed by atoms with van der Waals surface area (Å²) in [7, 11) is 0. The zero-order chi connectivity index (χ0) is 13.5. The summed E-state index contributed by atoms with van der Waals surface area (Å²) < 4.78 is 0. The number of rotatable bonds is 6. The monoisotopic (exact) mass is 248 g/mol. The number of terminal acetylenes is 1. The molecule has 0 fully saturated rings. The molecule has 0 radical (unpaired) electrons. The van der Waals surface area contributed by atoms with Gasteiger partial charge in [0.1, 0.15) is 0 Å². The Kier molecular flexibility index (Phi) is 4.69. The van der Waals surface area contributed by atoms with Crippen LogP contribution in [0.25, 0.3) is 0 Å². The zero-order valence-electron chi connectivity index (χ0n) is 9.57. The number of carboxylic acids is 1. The largest absolute Gasteiger partial charge is 0.481 e. The highest BCUT2D eigenvalue weighted by Gasteiger charge is 2.11. The maximum Gasteiger partial charge on any atom is 0.305 e. The molecular formula is C12H12N2O4. The summed E-state index contributed by atoms with van der Waals surface area (Å²) in [6.07, 6.45) is 5.12. The van der Waals surface area contributed by atoms with E-state index in [4.69, 9.17) is 11.5 Å². The molecule has 0 aliphatic rings. The smallest absolute Gasteiger partial charge is 0.305 e. The van der Waals surface area contributed by atoms with Crippen LogP contribution in [0, 0.1) is 22.5 Å². The molecule has 0 amide bonds. The van der Waals surface area contributed by atoms with E-state index in [0.717, 1.165) is 0 Å². The van der Waals surface area contributed by atoms with Crippen LogP contribution in [0.3, 0.4) is 0 Å². The lowest BCUT2D eigenvalue weighted by Crippen LogP contribution is -2.26. The maximum absolute atomic E-state index is 10.7. The number of aliphatic carboxylic acids is 1. The molecule has 0 saturated heterocycles. The fourth-order valence-corrected chi connectivity index (χ4v) is 1.44. The highest BCUT2D eigenvalue weighted by molar-refractivity contribution is 5.68. The van der Waals surface area contributed by atoms with Crippen LogP contribution < -0.4 is 4.90 Å². The molecule has 1 N–H and O–H groups in total. The van der Waals surface area contributed by atoms with Crippen molar-refractivity contribution in [3.8, 4) is 12.3 Å². The van der Waals surface area contributed by atoms with Crippen LogP contribution in [0.2, 0.25) is 0 Å². The summed E-state index contributed by atoms with van der Waals surface area (Å²) in [5.41, 5.74) is 0.494. The number of nitro benzene ring substituents is 1. The molecule has 0 spiro atoms. The zero-order valence-corrected chi connectivity index (χ0v) is 9.57. The van der Waals surface area contributed by atoms with Gasteiger partial charge >= 0.3 is 5.97 Å². The van der Waals surface area contributed by atoms with Crippen LogP contribution in [0.15, 0.2) is 24.3 Å². The number of carboxylic acid groups (broad SMARTS) is 1. The van der Waals surface area contributed by atoms with Crippen molar-refractivity contribution in [1.82, 2.24) is 0 Å². The van der Waals surface area contributed by atoms with Crippen molar-refractivity contribution in [3.05, 3.63) is 34.4 Å². The lowest BCUT2D eigenvalue weighted by molar-refractivity contribution is -0.384. The fourth-order valence-electron chi connectivity index (χ4n) is 1.44. The molecule has 0 aromatic heterocycles. The summed E-state index contributed by atoms with van der Waals surface area (Å²) in [4.78, 5) is 22.3. The Morgan fingerprint density at radius 3 is 2.83 bits per heavy atom. The minimum absolute atomic E-state index is 0.0511. The van der Waals surface area contributed by atoms with Crippen LogP contribution in [0.1, 0.15) is 6.42 Å². The lowest BCUT2D eigenvalue weighted by Gasteiger charge is -2.21. The molecule has 1 aromatic rings. The Labute approximate surface area is 104 Å². The van der Waals surface area contributed by atoms with E-state index in [9.17, 15) is 14.9 Å². The molecule has 0 atom stereocenters. The highest BCUT2D eigenvalue weighted by Crippen LogP contribution is 2.20. The van der Waals surface area contributed by atoms with Crippen molar-refractivity contribution in [3.63, 3.8) is 0 Å². The van der Waals surface area contributed by atoms with Gasteiger partial charge in [-0.05, 0) is 6.07 Å². The summed E-state index contributed by atoms with van der Waals surface area (Å²) >= 11 is 0. The van der Waals surface area contributed by atoms with Gasteiger partial charge in [0.05, 0.1) is 17.9 Å². The third-order valence-corrected chi connectivity index (χ3v) is 2.28. The van der Waals surface area contributed by atoms with Crippen LogP contribution in [0.4, 0.5) is 11.4 Å². The van der Waals surface area contributed by atoms with Gasteiger partial charge in [-0.2, -0.15) is 0 Å². The molecule has 6 nitrogen and oxygen atoms in total. The van der Waals surface area contributed by atoms with E-state index in [-0.39, 0.29) is 25.2 Å². The second kappa shape index (κ2) is 6.25. The molecule has 0 bridgehead atoms. The minimum atomic E-state index is -0.942. The van der Waals surface area contributed by atoms with Gasteiger partial charge in [0.2, 0.25) is 0 Å². The van der Waals surface area contributed by atoms with Crippen LogP contribution in [-0.2, 0) is 4.79 Å². The Balaban J connectivity index is 2.91. The standard InChI is InChI=1S/C12H12N2O4/c1-2-7-13(8-6-12(15)16)10-4-3-5-11(9-10)14(17)18/h1,3-5,9H,6-8H2,(H,15,16). The quantitative estimate of drug-likeness (QED) is 0.468. The van der Waals surface area contributed by atoms with E-state index in [2.05, 4.69) is 5.92 Å². The van der Waals surface area contributed by atoms with Crippen LogP contribution in [0.5, 0.6) is 0 Å². The summed E-state index contributed by atoms with van der Waals surface area (Å²) in [6.45, 7) is 0.412. The topological polar surface area (TPSA) is 83.7 Å². The van der Waals surface area contributed by atoms with E-state index in [0.29, 0.717) is 5.69 Å². The van der Waals surface area contributed by atoms with Gasteiger partial charge in [0.15, 0.2) is 0 Å².